The molecule has 0 saturated carbocycles. The second-order valence-corrected chi connectivity index (χ2v) is 5.39. The number of nitrogens with zero attached hydrogens (tertiary/aromatic N) is 2. The quantitative estimate of drug-likeness (QED) is 0.824. The molecule has 26 heavy (non-hydrogen) atoms. The van der Waals surface area contributed by atoms with Gasteiger partial charge in [-0.15, -0.1) is 0 Å². The van der Waals surface area contributed by atoms with E-state index in [2.05, 4.69) is 5.32 Å². The summed E-state index contributed by atoms with van der Waals surface area (Å²) < 4.78 is 45.7. The lowest BCUT2D eigenvalue weighted by Crippen LogP contribution is -2.31. The number of amides is 1. The smallest absolute Gasteiger partial charge is 0.269 e. The van der Waals surface area contributed by atoms with Gasteiger partial charge in [0, 0.05) is 18.4 Å². The molecule has 9 heteroatoms. The molecule has 0 aliphatic rings. The summed E-state index contributed by atoms with van der Waals surface area (Å²) in [5.74, 6) is -5.49. The topological polar surface area (TPSA) is 84.1 Å². The van der Waals surface area contributed by atoms with Crippen LogP contribution >= 0.6 is 0 Å². The average molecular weight is 365 g/mol. The number of carbonyl (C=O) groups excluding carboxylic acids is 1. The molecule has 0 atom stereocenters. The summed E-state index contributed by atoms with van der Waals surface area (Å²) in [6.07, 6.45) is 0. The van der Waals surface area contributed by atoms with Crippen LogP contribution < -0.4 is 10.9 Å². The highest BCUT2D eigenvalue weighted by atomic mass is 19.2. The Balaban J connectivity index is 2.32. The van der Waals surface area contributed by atoms with Gasteiger partial charge in [-0.2, -0.15) is 5.26 Å². The number of hydrogen-bond acceptors (Lipinski definition) is 4. The minimum atomic E-state index is -1.72. The molecular formula is C17H14F3N3O3. The van der Waals surface area contributed by atoms with E-state index in [0.717, 1.165) is 10.6 Å². The third kappa shape index (κ3) is 3.75. The van der Waals surface area contributed by atoms with Crippen molar-refractivity contribution in [3.05, 3.63) is 62.8 Å². The molecule has 0 aliphatic heterocycles. The van der Waals surface area contributed by atoms with Crippen LogP contribution in [0.1, 0.15) is 16.8 Å². The number of anilines is 1. The summed E-state index contributed by atoms with van der Waals surface area (Å²) in [6.45, 7) is 1.06. The highest BCUT2D eigenvalue weighted by Gasteiger charge is 2.18. The second-order valence-electron chi connectivity index (χ2n) is 5.39. The Morgan fingerprint density at radius 1 is 1.31 bits per heavy atom. The fraction of sp³-hybridized carbons (Fsp3) is 0.235. The predicted octanol–water partition coefficient (Wildman–Crippen LogP) is 2.23. The van der Waals surface area contributed by atoms with Gasteiger partial charge in [0.2, 0.25) is 5.91 Å². The standard InChI is InChI=1S/C17H14F3N3O3/c1-9-5-10(8-26-2)11(6-21)17(25)23(9)7-14(24)22-13-4-3-12(18)15(19)16(13)20/h3-5H,7-8H2,1-2H3,(H,22,24). The van der Waals surface area contributed by atoms with Crippen molar-refractivity contribution in [1.82, 2.24) is 4.57 Å². The molecule has 1 aromatic heterocycles. The van der Waals surface area contributed by atoms with Crippen LogP contribution in [-0.4, -0.2) is 17.6 Å². The summed E-state index contributed by atoms with van der Waals surface area (Å²) in [5, 5.41) is 11.2. The van der Waals surface area contributed by atoms with Crippen LogP contribution in [0.5, 0.6) is 0 Å². The molecule has 2 rings (SSSR count). The van der Waals surface area contributed by atoms with Crippen molar-refractivity contribution in [2.45, 2.75) is 20.1 Å². The number of nitrogens with one attached hydrogen (secondary N) is 1. The molecule has 6 nitrogen and oxygen atoms in total. The van der Waals surface area contributed by atoms with Crippen molar-refractivity contribution in [3.63, 3.8) is 0 Å². The number of rotatable bonds is 5. The van der Waals surface area contributed by atoms with E-state index in [1.54, 1.807) is 13.0 Å². The van der Waals surface area contributed by atoms with Crippen LogP contribution in [-0.2, 0) is 22.7 Å². The van der Waals surface area contributed by atoms with Gasteiger partial charge < -0.3 is 14.6 Å². The van der Waals surface area contributed by atoms with E-state index >= 15 is 0 Å². The zero-order valence-electron chi connectivity index (χ0n) is 13.9. The monoisotopic (exact) mass is 365 g/mol. The number of aryl methyl sites for hydroxylation is 1. The van der Waals surface area contributed by atoms with E-state index < -0.39 is 41.2 Å². The zero-order chi connectivity index (χ0) is 19.4. The maximum atomic E-state index is 13.6. The normalized spacial score (nSPS) is 10.5. The number of nitriles is 1. The van der Waals surface area contributed by atoms with Crippen molar-refractivity contribution in [3.8, 4) is 6.07 Å². The third-order valence-corrected chi connectivity index (χ3v) is 3.61. The number of ether oxygens (including phenoxy) is 1. The highest BCUT2D eigenvalue weighted by Crippen LogP contribution is 2.19. The Bertz CT molecular complexity index is 964. The van der Waals surface area contributed by atoms with Crippen molar-refractivity contribution in [2.75, 3.05) is 12.4 Å². The molecule has 1 N–H and O–H groups in total. The molecule has 1 amide bonds. The highest BCUT2D eigenvalue weighted by molar-refractivity contribution is 5.90. The van der Waals surface area contributed by atoms with Gasteiger partial charge in [-0.25, -0.2) is 13.2 Å². The number of carbonyl (C=O) groups is 1. The molecule has 0 aliphatic carbocycles. The third-order valence-electron chi connectivity index (χ3n) is 3.61. The van der Waals surface area contributed by atoms with Crippen LogP contribution in [0.15, 0.2) is 23.0 Å². The maximum absolute atomic E-state index is 13.6. The first-order valence-corrected chi connectivity index (χ1v) is 7.35. The molecule has 1 heterocycles. The summed E-state index contributed by atoms with van der Waals surface area (Å²) in [5.41, 5.74) is -0.691. The van der Waals surface area contributed by atoms with E-state index in [1.807, 2.05) is 0 Å². The van der Waals surface area contributed by atoms with Crippen LogP contribution in [0.2, 0.25) is 0 Å². The fourth-order valence-electron chi connectivity index (χ4n) is 2.38. The first-order valence-electron chi connectivity index (χ1n) is 7.35. The van der Waals surface area contributed by atoms with Crippen LogP contribution in [0.25, 0.3) is 0 Å². The number of hydrogen-bond donors (Lipinski definition) is 1. The Morgan fingerprint density at radius 3 is 2.62 bits per heavy atom. The van der Waals surface area contributed by atoms with Gasteiger partial charge in [-0.1, -0.05) is 0 Å². The van der Waals surface area contributed by atoms with Gasteiger partial charge in [0.25, 0.3) is 5.56 Å². The van der Waals surface area contributed by atoms with Gasteiger partial charge in [0.1, 0.15) is 18.2 Å². The first kappa shape index (κ1) is 19.2. The van der Waals surface area contributed by atoms with Crippen molar-refractivity contribution in [1.29, 1.82) is 5.26 Å². The summed E-state index contributed by atoms with van der Waals surface area (Å²) in [6, 6.07) is 4.82. The van der Waals surface area contributed by atoms with Crippen LogP contribution in [0, 0.1) is 35.7 Å². The number of halogens is 3. The van der Waals surface area contributed by atoms with Gasteiger partial charge in [-0.3, -0.25) is 9.59 Å². The molecule has 0 unspecified atom stereocenters. The van der Waals surface area contributed by atoms with Gasteiger partial charge in [-0.05, 0) is 25.1 Å². The van der Waals surface area contributed by atoms with Gasteiger partial charge in [0.05, 0.1) is 12.3 Å². The fourth-order valence-corrected chi connectivity index (χ4v) is 2.38. The molecule has 1 aromatic carbocycles. The average Bonchev–Trinajstić information content (AvgIpc) is 2.59. The molecule has 0 radical (unpaired) electrons. The molecular weight excluding hydrogens is 351 g/mol. The summed E-state index contributed by atoms with van der Waals surface area (Å²) >= 11 is 0. The Morgan fingerprint density at radius 2 is 2.00 bits per heavy atom. The Hall–Kier alpha value is -3.12. The summed E-state index contributed by atoms with van der Waals surface area (Å²) in [7, 11) is 1.41. The predicted molar refractivity (Wildman–Crippen MR) is 85.8 cm³/mol. The lowest BCUT2D eigenvalue weighted by atomic mass is 10.1. The van der Waals surface area contributed by atoms with E-state index in [4.69, 9.17) is 10.00 Å². The van der Waals surface area contributed by atoms with Crippen molar-refractivity contribution >= 4 is 11.6 Å². The molecule has 136 valence electrons. The number of aromatic nitrogens is 1. The SMILES string of the molecule is COCc1cc(C)n(CC(=O)Nc2ccc(F)c(F)c2F)c(=O)c1C#N. The number of methoxy groups -OCH3 is 1. The summed E-state index contributed by atoms with van der Waals surface area (Å²) in [4.78, 5) is 24.5. The lowest BCUT2D eigenvalue weighted by molar-refractivity contribution is -0.116. The van der Waals surface area contributed by atoms with Gasteiger partial charge >= 0.3 is 0 Å². The van der Waals surface area contributed by atoms with E-state index in [9.17, 15) is 22.8 Å². The molecule has 2 aromatic rings. The number of benzene rings is 1. The van der Waals surface area contributed by atoms with Crippen LogP contribution in [0.3, 0.4) is 0 Å². The van der Waals surface area contributed by atoms with Gasteiger partial charge in [0.15, 0.2) is 17.5 Å². The molecule has 0 bridgehead atoms. The largest absolute Gasteiger partial charge is 0.380 e. The van der Waals surface area contributed by atoms with Crippen LogP contribution in [0.4, 0.5) is 18.9 Å². The second kappa shape index (κ2) is 7.84. The van der Waals surface area contributed by atoms with E-state index in [1.165, 1.54) is 13.2 Å². The van der Waals surface area contributed by atoms with Crippen molar-refractivity contribution < 1.29 is 22.7 Å². The van der Waals surface area contributed by atoms with Crippen molar-refractivity contribution in [2.24, 2.45) is 0 Å². The lowest BCUT2D eigenvalue weighted by Gasteiger charge is -2.13. The molecule has 0 spiro atoms. The number of pyridine rings is 1. The van der Waals surface area contributed by atoms with E-state index in [-0.39, 0.29) is 12.2 Å². The molecule has 0 fully saturated rings. The minimum absolute atomic E-state index is 0.0477. The molecule has 0 saturated heterocycles. The van der Waals surface area contributed by atoms with E-state index in [0.29, 0.717) is 17.3 Å². The minimum Gasteiger partial charge on any atom is -0.380 e. The maximum Gasteiger partial charge on any atom is 0.269 e. The Labute approximate surface area is 146 Å². The first-order chi connectivity index (χ1) is 12.3. The Kier molecular flexibility index (Phi) is 5.79. The zero-order valence-corrected chi connectivity index (χ0v) is 13.9.